The molecule has 0 N–H and O–H groups in total. The highest BCUT2D eigenvalue weighted by atomic mass is 79.9. The fourth-order valence-electron chi connectivity index (χ4n) is 2.47. The molecule has 1 aromatic rings. The van der Waals surface area contributed by atoms with E-state index in [1.165, 1.54) is 0 Å². The molecule has 1 aliphatic rings. The van der Waals surface area contributed by atoms with Crippen LogP contribution in [0.4, 0.5) is 0 Å². The molecule has 0 aromatic heterocycles. The third kappa shape index (κ3) is 3.35. The maximum Gasteiger partial charge on any atom is 0.254 e. The molecule has 0 aliphatic carbocycles. The molecule has 1 saturated heterocycles. The molecule has 1 aromatic carbocycles. The molecule has 1 aliphatic heterocycles. The first-order valence-electron chi connectivity index (χ1n) is 6.35. The van der Waals surface area contributed by atoms with Gasteiger partial charge in [-0.05, 0) is 49.9 Å². The van der Waals surface area contributed by atoms with Gasteiger partial charge in [0.1, 0.15) is 0 Å². The van der Waals surface area contributed by atoms with E-state index in [0.29, 0.717) is 6.04 Å². The lowest BCUT2D eigenvalue weighted by molar-refractivity contribution is 0.0730. The highest BCUT2D eigenvalue weighted by Crippen LogP contribution is 2.24. The maximum absolute atomic E-state index is 12.4. The Labute approximate surface area is 125 Å². The summed E-state index contributed by atoms with van der Waals surface area (Å²) in [6.07, 6.45) is 4.52. The minimum Gasteiger partial charge on any atom is -0.336 e. The molecular formula is C14H17Br2NO. The fourth-order valence-corrected chi connectivity index (χ4v) is 3.06. The zero-order chi connectivity index (χ0) is 13.0. The second-order valence-corrected chi connectivity index (χ2v) is 6.34. The summed E-state index contributed by atoms with van der Waals surface area (Å²) in [6.45, 7) is 0.905. The molecule has 1 heterocycles. The first kappa shape index (κ1) is 14.1. The molecule has 18 heavy (non-hydrogen) atoms. The van der Waals surface area contributed by atoms with E-state index in [0.717, 1.165) is 47.6 Å². The Hall–Kier alpha value is -0.350. The Bertz CT molecular complexity index is 405. The molecular weight excluding hydrogens is 358 g/mol. The highest BCUT2D eigenvalue weighted by molar-refractivity contribution is 9.10. The van der Waals surface area contributed by atoms with Crippen LogP contribution in [0.2, 0.25) is 0 Å². The Morgan fingerprint density at radius 1 is 1.33 bits per heavy atom. The van der Waals surface area contributed by atoms with E-state index < -0.39 is 0 Å². The van der Waals surface area contributed by atoms with Crippen molar-refractivity contribution >= 4 is 37.8 Å². The summed E-state index contributed by atoms with van der Waals surface area (Å²) in [5.41, 5.74) is 0.795. The zero-order valence-electron chi connectivity index (χ0n) is 10.2. The van der Waals surface area contributed by atoms with Crippen LogP contribution in [0.15, 0.2) is 28.7 Å². The van der Waals surface area contributed by atoms with Gasteiger partial charge in [0.25, 0.3) is 5.91 Å². The molecule has 0 bridgehead atoms. The van der Waals surface area contributed by atoms with Crippen molar-refractivity contribution in [3.05, 3.63) is 34.3 Å². The van der Waals surface area contributed by atoms with Gasteiger partial charge < -0.3 is 4.90 Å². The molecule has 2 nitrogen and oxygen atoms in total. The molecule has 1 atom stereocenters. The van der Waals surface area contributed by atoms with E-state index in [1.807, 2.05) is 29.2 Å². The minimum absolute atomic E-state index is 0.180. The quantitative estimate of drug-likeness (QED) is 0.722. The largest absolute Gasteiger partial charge is 0.336 e. The van der Waals surface area contributed by atoms with Gasteiger partial charge in [-0.3, -0.25) is 4.79 Å². The van der Waals surface area contributed by atoms with Crippen molar-refractivity contribution < 1.29 is 4.79 Å². The SMILES string of the molecule is O=C(c1ccc(Br)cc1)N1CCCC1CCCBr. The zero-order valence-corrected chi connectivity index (χ0v) is 13.4. The van der Waals surface area contributed by atoms with Crippen LogP contribution in [0.3, 0.4) is 0 Å². The third-order valence-corrected chi connectivity index (χ3v) is 4.49. The number of nitrogens with zero attached hydrogens (tertiary/aromatic N) is 1. The summed E-state index contributed by atoms with van der Waals surface area (Å²) in [5.74, 6) is 0.180. The molecule has 1 amide bonds. The minimum atomic E-state index is 0.180. The average molecular weight is 375 g/mol. The van der Waals surface area contributed by atoms with Crippen molar-refractivity contribution in [2.45, 2.75) is 31.7 Å². The van der Waals surface area contributed by atoms with Gasteiger partial charge in [0.05, 0.1) is 0 Å². The monoisotopic (exact) mass is 373 g/mol. The van der Waals surface area contributed by atoms with Crippen LogP contribution >= 0.6 is 31.9 Å². The highest BCUT2D eigenvalue weighted by Gasteiger charge is 2.28. The van der Waals surface area contributed by atoms with Crippen LogP contribution in [0.1, 0.15) is 36.0 Å². The second kappa shape index (κ2) is 6.71. The Balaban J connectivity index is 2.05. The summed E-state index contributed by atoms with van der Waals surface area (Å²) in [4.78, 5) is 14.5. The predicted molar refractivity (Wildman–Crippen MR) is 81.2 cm³/mol. The number of halogens is 2. The smallest absolute Gasteiger partial charge is 0.254 e. The van der Waals surface area contributed by atoms with Gasteiger partial charge in [0, 0.05) is 28.0 Å². The number of hydrogen-bond donors (Lipinski definition) is 0. The lowest BCUT2D eigenvalue weighted by atomic mass is 10.1. The molecule has 4 heteroatoms. The number of rotatable bonds is 4. The van der Waals surface area contributed by atoms with Crippen molar-refractivity contribution in [1.29, 1.82) is 0 Å². The van der Waals surface area contributed by atoms with Crippen LogP contribution in [-0.4, -0.2) is 28.7 Å². The average Bonchev–Trinajstić information content (AvgIpc) is 2.84. The molecule has 1 fully saturated rings. The normalized spacial score (nSPS) is 19.2. The van der Waals surface area contributed by atoms with E-state index in [1.54, 1.807) is 0 Å². The van der Waals surface area contributed by atoms with Gasteiger partial charge in [0.2, 0.25) is 0 Å². The van der Waals surface area contributed by atoms with E-state index >= 15 is 0 Å². The van der Waals surface area contributed by atoms with Crippen molar-refractivity contribution in [1.82, 2.24) is 4.90 Å². The number of hydrogen-bond acceptors (Lipinski definition) is 1. The van der Waals surface area contributed by atoms with Crippen molar-refractivity contribution in [2.75, 3.05) is 11.9 Å². The van der Waals surface area contributed by atoms with E-state index in [9.17, 15) is 4.79 Å². The molecule has 98 valence electrons. The number of carbonyl (C=O) groups excluding carboxylic acids is 1. The van der Waals surface area contributed by atoms with Crippen molar-refractivity contribution in [2.24, 2.45) is 0 Å². The first-order valence-corrected chi connectivity index (χ1v) is 8.26. The Morgan fingerprint density at radius 3 is 2.72 bits per heavy atom. The standard InChI is InChI=1S/C14H17Br2NO/c15-9-1-3-13-4-2-10-17(13)14(18)11-5-7-12(16)8-6-11/h5-8,13H,1-4,9-10H2. The van der Waals surface area contributed by atoms with Gasteiger partial charge in [0.15, 0.2) is 0 Å². The lowest BCUT2D eigenvalue weighted by Gasteiger charge is -2.24. The molecule has 0 radical (unpaired) electrons. The molecule has 1 unspecified atom stereocenters. The fraction of sp³-hybridized carbons (Fsp3) is 0.500. The summed E-state index contributed by atoms with van der Waals surface area (Å²) in [7, 11) is 0. The van der Waals surface area contributed by atoms with Gasteiger partial charge in [-0.1, -0.05) is 31.9 Å². The van der Waals surface area contributed by atoms with E-state index in [4.69, 9.17) is 0 Å². The van der Waals surface area contributed by atoms with Gasteiger partial charge >= 0.3 is 0 Å². The Morgan fingerprint density at radius 2 is 2.06 bits per heavy atom. The summed E-state index contributed by atoms with van der Waals surface area (Å²) < 4.78 is 1.01. The van der Waals surface area contributed by atoms with Crippen LogP contribution in [0.25, 0.3) is 0 Å². The van der Waals surface area contributed by atoms with Crippen LogP contribution in [0.5, 0.6) is 0 Å². The number of likely N-dealkylation sites (tertiary alicyclic amines) is 1. The van der Waals surface area contributed by atoms with Crippen LogP contribution in [-0.2, 0) is 0 Å². The summed E-state index contributed by atoms with van der Waals surface area (Å²) >= 11 is 6.85. The van der Waals surface area contributed by atoms with Crippen molar-refractivity contribution in [3.8, 4) is 0 Å². The molecule has 0 saturated carbocycles. The van der Waals surface area contributed by atoms with Gasteiger partial charge in [-0.2, -0.15) is 0 Å². The van der Waals surface area contributed by atoms with Crippen molar-refractivity contribution in [3.63, 3.8) is 0 Å². The number of amides is 1. The Kier molecular flexibility index (Phi) is 5.25. The number of carbonyl (C=O) groups is 1. The van der Waals surface area contributed by atoms with Crippen LogP contribution < -0.4 is 0 Å². The van der Waals surface area contributed by atoms with Crippen LogP contribution in [0, 0.1) is 0 Å². The van der Waals surface area contributed by atoms with Gasteiger partial charge in [-0.25, -0.2) is 0 Å². The van der Waals surface area contributed by atoms with E-state index in [-0.39, 0.29) is 5.91 Å². The number of alkyl halides is 1. The third-order valence-electron chi connectivity index (χ3n) is 3.40. The summed E-state index contributed by atoms with van der Waals surface area (Å²) in [6, 6.07) is 8.07. The lowest BCUT2D eigenvalue weighted by Crippen LogP contribution is -2.35. The number of benzene rings is 1. The second-order valence-electron chi connectivity index (χ2n) is 4.63. The maximum atomic E-state index is 12.4. The first-order chi connectivity index (χ1) is 8.72. The van der Waals surface area contributed by atoms with Gasteiger partial charge in [-0.15, -0.1) is 0 Å². The van der Waals surface area contributed by atoms with E-state index in [2.05, 4.69) is 31.9 Å². The predicted octanol–water partition coefficient (Wildman–Crippen LogP) is 4.23. The molecule has 0 spiro atoms. The molecule has 2 rings (SSSR count). The topological polar surface area (TPSA) is 20.3 Å². The summed E-state index contributed by atoms with van der Waals surface area (Å²) in [5, 5.41) is 1.02.